The molecule has 0 bridgehead atoms. The maximum atomic E-state index is 5.88. The van der Waals surface area contributed by atoms with Crippen LogP contribution in [-0.2, 0) is 13.0 Å². The van der Waals surface area contributed by atoms with Crippen LogP contribution in [0.4, 0.5) is 11.8 Å². The number of aromatic nitrogens is 3. The molecule has 2 aromatic carbocycles. The van der Waals surface area contributed by atoms with E-state index in [1.54, 1.807) is 6.20 Å². The van der Waals surface area contributed by atoms with Crippen LogP contribution in [0.1, 0.15) is 11.1 Å². The van der Waals surface area contributed by atoms with E-state index in [2.05, 4.69) is 25.8 Å². The van der Waals surface area contributed by atoms with Crippen LogP contribution in [0.15, 0.2) is 54.7 Å². The van der Waals surface area contributed by atoms with Crippen molar-refractivity contribution >= 4 is 35.0 Å². The van der Waals surface area contributed by atoms with E-state index in [9.17, 15) is 0 Å². The minimum absolute atomic E-state index is 0.495. The first kappa shape index (κ1) is 17.5. The van der Waals surface area contributed by atoms with Crippen LogP contribution in [0.25, 0.3) is 0 Å². The summed E-state index contributed by atoms with van der Waals surface area (Å²) < 4.78 is 0. The standard InChI is InChI=1S/C18H17Cl2N5/c19-15-5-1-13(2-6-15)9-10-21-18-24-17(12-23-25-18)22-11-14-3-7-16(20)8-4-14/h1-8,12H,9-11H2,(H2,21,22,24,25). The lowest BCUT2D eigenvalue weighted by atomic mass is 10.1. The van der Waals surface area contributed by atoms with E-state index in [-0.39, 0.29) is 0 Å². The zero-order valence-electron chi connectivity index (χ0n) is 13.4. The molecule has 1 aromatic heterocycles. The van der Waals surface area contributed by atoms with Gasteiger partial charge in [-0.25, -0.2) is 0 Å². The topological polar surface area (TPSA) is 62.7 Å². The van der Waals surface area contributed by atoms with Gasteiger partial charge < -0.3 is 10.6 Å². The average molecular weight is 374 g/mol. The molecular weight excluding hydrogens is 357 g/mol. The Bertz CT molecular complexity index is 806. The average Bonchev–Trinajstić information content (AvgIpc) is 2.63. The Morgan fingerprint density at radius 2 is 1.44 bits per heavy atom. The van der Waals surface area contributed by atoms with Gasteiger partial charge in [-0.3, -0.25) is 0 Å². The van der Waals surface area contributed by atoms with Crippen molar-refractivity contribution in [3.05, 3.63) is 75.9 Å². The van der Waals surface area contributed by atoms with Gasteiger partial charge in [0.05, 0.1) is 6.20 Å². The maximum Gasteiger partial charge on any atom is 0.244 e. The third-order valence-corrected chi connectivity index (χ3v) is 4.06. The van der Waals surface area contributed by atoms with Gasteiger partial charge in [0.25, 0.3) is 0 Å². The molecule has 1 heterocycles. The number of hydrogen-bond donors (Lipinski definition) is 2. The van der Waals surface area contributed by atoms with E-state index < -0.39 is 0 Å². The Morgan fingerprint density at radius 3 is 2.12 bits per heavy atom. The van der Waals surface area contributed by atoms with Gasteiger partial charge in [-0.1, -0.05) is 47.5 Å². The van der Waals surface area contributed by atoms with Crippen molar-refractivity contribution in [3.63, 3.8) is 0 Å². The van der Waals surface area contributed by atoms with Gasteiger partial charge in [0, 0.05) is 23.1 Å². The van der Waals surface area contributed by atoms with Crippen molar-refractivity contribution in [2.45, 2.75) is 13.0 Å². The SMILES string of the molecule is Clc1ccc(CCNc2nncc(NCc3ccc(Cl)cc3)n2)cc1. The second-order valence-corrected chi connectivity index (χ2v) is 6.32. The molecule has 0 amide bonds. The molecule has 0 aliphatic heterocycles. The fourth-order valence-corrected chi connectivity index (χ4v) is 2.48. The maximum absolute atomic E-state index is 5.88. The zero-order valence-corrected chi connectivity index (χ0v) is 14.9. The number of halogens is 2. The molecule has 0 spiro atoms. The molecule has 0 fully saturated rings. The predicted molar refractivity (Wildman–Crippen MR) is 102 cm³/mol. The van der Waals surface area contributed by atoms with Crippen molar-refractivity contribution in [3.8, 4) is 0 Å². The molecule has 0 aliphatic carbocycles. The van der Waals surface area contributed by atoms with Gasteiger partial charge in [0.1, 0.15) is 0 Å². The smallest absolute Gasteiger partial charge is 0.244 e. The highest BCUT2D eigenvalue weighted by atomic mass is 35.5. The number of hydrogen-bond acceptors (Lipinski definition) is 5. The van der Waals surface area contributed by atoms with Gasteiger partial charge in [-0.05, 0) is 41.8 Å². The monoisotopic (exact) mass is 373 g/mol. The first-order chi connectivity index (χ1) is 12.2. The van der Waals surface area contributed by atoms with E-state index in [4.69, 9.17) is 23.2 Å². The molecule has 3 aromatic rings. The Labute approximate surface area is 156 Å². The highest BCUT2D eigenvalue weighted by molar-refractivity contribution is 6.30. The number of rotatable bonds is 7. The molecule has 0 aliphatic rings. The van der Waals surface area contributed by atoms with Crippen molar-refractivity contribution in [2.24, 2.45) is 0 Å². The van der Waals surface area contributed by atoms with Crippen LogP contribution >= 0.6 is 23.2 Å². The summed E-state index contributed by atoms with van der Waals surface area (Å²) in [6.45, 7) is 1.35. The van der Waals surface area contributed by atoms with E-state index >= 15 is 0 Å². The minimum Gasteiger partial charge on any atom is -0.365 e. The molecule has 3 rings (SSSR count). The van der Waals surface area contributed by atoms with E-state index in [0.29, 0.717) is 24.9 Å². The van der Waals surface area contributed by atoms with Crippen molar-refractivity contribution in [1.82, 2.24) is 15.2 Å². The molecule has 7 heteroatoms. The first-order valence-corrected chi connectivity index (χ1v) is 8.61. The summed E-state index contributed by atoms with van der Waals surface area (Å²) in [6, 6.07) is 15.4. The van der Waals surface area contributed by atoms with Crippen LogP contribution < -0.4 is 10.6 Å². The summed E-state index contributed by atoms with van der Waals surface area (Å²) in [5.41, 5.74) is 2.31. The second kappa shape index (κ2) is 8.65. The Balaban J connectivity index is 1.50. The molecule has 0 radical (unpaired) electrons. The molecule has 0 saturated carbocycles. The molecule has 2 N–H and O–H groups in total. The Morgan fingerprint density at radius 1 is 0.800 bits per heavy atom. The summed E-state index contributed by atoms with van der Waals surface area (Å²) >= 11 is 11.8. The van der Waals surface area contributed by atoms with E-state index in [1.165, 1.54) is 5.56 Å². The first-order valence-electron chi connectivity index (χ1n) is 7.85. The van der Waals surface area contributed by atoms with Crippen LogP contribution in [0.5, 0.6) is 0 Å². The number of nitrogens with zero attached hydrogens (tertiary/aromatic N) is 3. The van der Waals surface area contributed by atoms with E-state index in [0.717, 1.165) is 22.0 Å². The fourth-order valence-electron chi connectivity index (χ4n) is 2.23. The lowest BCUT2D eigenvalue weighted by Gasteiger charge is -2.08. The van der Waals surface area contributed by atoms with Crippen LogP contribution in [0.2, 0.25) is 10.0 Å². The summed E-state index contributed by atoms with van der Waals surface area (Å²) in [4.78, 5) is 4.41. The van der Waals surface area contributed by atoms with Crippen molar-refractivity contribution in [1.29, 1.82) is 0 Å². The normalized spacial score (nSPS) is 10.5. The number of benzene rings is 2. The highest BCUT2D eigenvalue weighted by Gasteiger charge is 2.01. The Kier molecular flexibility index (Phi) is 6.04. The summed E-state index contributed by atoms with van der Waals surface area (Å²) in [7, 11) is 0. The third kappa shape index (κ3) is 5.59. The lowest BCUT2D eigenvalue weighted by Crippen LogP contribution is -2.10. The van der Waals surface area contributed by atoms with Crippen LogP contribution in [0.3, 0.4) is 0 Å². The summed E-state index contributed by atoms with van der Waals surface area (Å²) in [5, 5.41) is 15.8. The Hall–Kier alpha value is -2.37. The van der Waals surface area contributed by atoms with Gasteiger partial charge in [0.15, 0.2) is 5.82 Å². The second-order valence-electron chi connectivity index (χ2n) is 5.45. The van der Waals surface area contributed by atoms with Gasteiger partial charge >= 0.3 is 0 Å². The fraction of sp³-hybridized carbons (Fsp3) is 0.167. The molecule has 128 valence electrons. The van der Waals surface area contributed by atoms with Crippen LogP contribution in [0, 0.1) is 0 Å². The predicted octanol–water partition coefficient (Wildman–Crippen LogP) is 4.45. The summed E-state index contributed by atoms with van der Waals surface area (Å²) in [6.07, 6.45) is 2.45. The van der Waals surface area contributed by atoms with E-state index in [1.807, 2.05) is 48.5 Å². The highest BCUT2D eigenvalue weighted by Crippen LogP contribution is 2.12. The van der Waals surface area contributed by atoms with Crippen molar-refractivity contribution < 1.29 is 0 Å². The minimum atomic E-state index is 0.495. The lowest BCUT2D eigenvalue weighted by molar-refractivity contribution is 0.921. The number of anilines is 2. The molecule has 25 heavy (non-hydrogen) atoms. The van der Waals surface area contributed by atoms with Crippen LogP contribution in [-0.4, -0.2) is 21.7 Å². The largest absolute Gasteiger partial charge is 0.365 e. The summed E-state index contributed by atoms with van der Waals surface area (Å²) in [5.74, 6) is 1.16. The molecule has 0 unspecified atom stereocenters. The quantitative estimate of drug-likeness (QED) is 0.640. The van der Waals surface area contributed by atoms with Crippen molar-refractivity contribution in [2.75, 3.05) is 17.2 Å². The molecule has 5 nitrogen and oxygen atoms in total. The van der Waals surface area contributed by atoms with Gasteiger partial charge in [-0.15, -0.1) is 5.10 Å². The van der Waals surface area contributed by atoms with Gasteiger partial charge in [0.2, 0.25) is 5.95 Å². The van der Waals surface area contributed by atoms with Gasteiger partial charge in [-0.2, -0.15) is 10.1 Å². The number of nitrogens with one attached hydrogen (secondary N) is 2. The molecule has 0 atom stereocenters. The molecule has 0 saturated heterocycles. The zero-order chi connectivity index (χ0) is 17.5. The third-order valence-electron chi connectivity index (χ3n) is 3.56. The molecular formula is C18H17Cl2N5.